The summed E-state index contributed by atoms with van der Waals surface area (Å²) in [6, 6.07) is 4.76. The van der Waals surface area contributed by atoms with Gasteiger partial charge < -0.3 is 15.8 Å². The highest BCUT2D eigenvalue weighted by Gasteiger charge is 2.42. The van der Waals surface area contributed by atoms with E-state index in [-0.39, 0.29) is 41.2 Å². The number of fused-ring (bicyclic) bond motifs is 1. The van der Waals surface area contributed by atoms with E-state index >= 15 is 0 Å². The van der Waals surface area contributed by atoms with E-state index in [4.69, 9.17) is 10.5 Å². The van der Waals surface area contributed by atoms with Gasteiger partial charge in [0.05, 0.1) is 17.8 Å². The molecule has 2 aliphatic carbocycles. The predicted octanol–water partition coefficient (Wildman–Crippen LogP) is 4.33. The van der Waals surface area contributed by atoms with Crippen molar-refractivity contribution < 1.29 is 27.5 Å². The second-order valence-corrected chi connectivity index (χ2v) is 11.5. The van der Waals surface area contributed by atoms with Gasteiger partial charge in [0.15, 0.2) is 5.69 Å². The number of nitrogens with one attached hydrogen (secondary N) is 1. The van der Waals surface area contributed by atoms with E-state index in [0.29, 0.717) is 62.0 Å². The Hall–Kier alpha value is -3.08. The average molecular weight is 536 g/mol. The largest absolute Gasteiger partial charge is 0.461 e. The fourth-order valence-electron chi connectivity index (χ4n) is 5.40. The lowest BCUT2D eigenvalue weighted by Crippen LogP contribution is -2.34. The van der Waals surface area contributed by atoms with Crippen LogP contribution in [0.5, 0.6) is 0 Å². The first-order valence-corrected chi connectivity index (χ1v) is 13.0. The molecule has 8 nitrogen and oxygen atoms in total. The SMILES string of the molecule is CN(C)CC(=O)OC1CCC(Nc2cc(-n3nc(C(F)(F)F)c4c3CC(C)(C)CC4)ccc2C(N)=O)CC1. The molecule has 4 rings (SSSR count). The Kier molecular flexibility index (Phi) is 7.79. The van der Waals surface area contributed by atoms with Crippen LogP contribution in [0.4, 0.5) is 18.9 Å². The maximum Gasteiger partial charge on any atom is 0.435 e. The lowest BCUT2D eigenvalue weighted by atomic mass is 9.76. The summed E-state index contributed by atoms with van der Waals surface area (Å²) < 4.78 is 48.5. The number of aromatic nitrogens is 2. The van der Waals surface area contributed by atoms with Gasteiger partial charge in [0.2, 0.25) is 0 Å². The van der Waals surface area contributed by atoms with Crippen LogP contribution in [0.15, 0.2) is 18.2 Å². The van der Waals surface area contributed by atoms with Gasteiger partial charge in [0.25, 0.3) is 5.91 Å². The number of hydrogen-bond acceptors (Lipinski definition) is 6. The zero-order valence-corrected chi connectivity index (χ0v) is 22.3. The van der Waals surface area contributed by atoms with E-state index in [1.807, 2.05) is 13.8 Å². The van der Waals surface area contributed by atoms with E-state index < -0.39 is 17.8 Å². The number of ether oxygens (including phenoxy) is 1. The molecular weight excluding hydrogens is 499 g/mol. The van der Waals surface area contributed by atoms with Crippen LogP contribution >= 0.6 is 0 Å². The lowest BCUT2D eigenvalue weighted by Gasteiger charge is -2.31. The van der Waals surface area contributed by atoms with Crippen LogP contribution in [0.3, 0.4) is 0 Å². The van der Waals surface area contributed by atoms with E-state index in [9.17, 15) is 22.8 Å². The molecule has 11 heteroatoms. The molecule has 0 saturated heterocycles. The van der Waals surface area contributed by atoms with Crippen molar-refractivity contribution in [2.75, 3.05) is 26.0 Å². The van der Waals surface area contributed by atoms with Crippen molar-refractivity contribution in [1.29, 1.82) is 0 Å². The number of benzene rings is 1. The molecule has 0 atom stereocenters. The maximum absolute atomic E-state index is 13.8. The van der Waals surface area contributed by atoms with E-state index in [1.54, 1.807) is 31.1 Å². The highest BCUT2D eigenvalue weighted by atomic mass is 19.4. The lowest BCUT2D eigenvalue weighted by molar-refractivity contribution is -0.151. The summed E-state index contributed by atoms with van der Waals surface area (Å²) in [6.07, 6.45) is -0.570. The normalized spacial score (nSPS) is 21.2. The number of rotatable bonds is 7. The highest BCUT2D eigenvalue weighted by Crippen LogP contribution is 2.42. The molecule has 1 fully saturated rings. The zero-order chi connectivity index (χ0) is 27.8. The third-order valence-corrected chi connectivity index (χ3v) is 7.35. The predicted molar refractivity (Wildman–Crippen MR) is 137 cm³/mol. The average Bonchev–Trinajstić information content (AvgIpc) is 3.17. The number of nitrogens with zero attached hydrogens (tertiary/aromatic N) is 3. The number of nitrogens with two attached hydrogens (primary N) is 1. The monoisotopic (exact) mass is 535 g/mol. The molecular formula is C27H36F3N5O3. The first-order chi connectivity index (χ1) is 17.7. The van der Waals surface area contributed by atoms with Crippen LogP contribution in [0.2, 0.25) is 0 Å². The van der Waals surface area contributed by atoms with Crippen molar-refractivity contribution >= 4 is 17.6 Å². The number of esters is 1. The Morgan fingerprint density at radius 2 is 1.89 bits per heavy atom. The summed E-state index contributed by atoms with van der Waals surface area (Å²) in [6.45, 7) is 4.30. The van der Waals surface area contributed by atoms with Crippen LogP contribution in [-0.2, 0) is 28.5 Å². The Bertz CT molecular complexity index is 1200. The topological polar surface area (TPSA) is 102 Å². The van der Waals surface area contributed by atoms with Gasteiger partial charge in [-0.3, -0.25) is 14.5 Å². The van der Waals surface area contributed by atoms with Gasteiger partial charge >= 0.3 is 12.1 Å². The quantitative estimate of drug-likeness (QED) is 0.512. The van der Waals surface area contributed by atoms with Crippen molar-refractivity contribution in [3.63, 3.8) is 0 Å². The smallest absolute Gasteiger partial charge is 0.435 e. The summed E-state index contributed by atoms with van der Waals surface area (Å²) in [5.41, 5.74) is 6.55. The highest BCUT2D eigenvalue weighted by molar-refractivity contribution is 5.99. The van der Waals surface area contributed by atoms with Crippen molar-refractivity contribution in [3.05, 3.63) is 40.7 Å². The van der Waals surface area contributed by atoms with Crippen molar-refractivity contribution in [1.82, 2.24) is 14.7 Å². The molecule has 208 valence electrons. The van der Waals surface area contributed by atoms with Gasteiger partial charge in [0, 0.05) is 23.0 Å². The first-order valence-electron chi connectivity index (χ1n) is 13.0. The molecule has 1 saturated carbocycles. The summed E-state index contributed by atoms with van der Waals surface area (Å²) in [7, 11) is 3.60. The fourth-order valence-corrected chi connectivity index (χ4v) is 5.40. The summed E-state index contributed by atoms with van der Waals surface area (Å²) in [5, 5.41) is 7.38. The minimum Gasteiger partial charge on any atom is -0.461 e. The number of carbonyl (C=O) groups excluding carboxylic acids is 2. The minimum absolute atomic E-state index is 0.0108. The number of carbonyl (C=O) groups is 2. The number of alkyl halides is 3. The zero-order valence-electron chi connectivity index (χ0n) is 22.3. The number of hydrogen-bond donors (Lipinski definition) is 2. The first kappa shape index (κ1) is 27.9. The van der Waals surface area contributed by atoms with Gasteiger partial charge in [-0.2, -0.15) is 18.3 Å². The molecule has 0 unspecified atom stereocenters. The molecule has 1 heterocycles. The number of anilines is 1. The van der Waals surface area contributed by atoms with Crippen LogP contribution in [-0.4, -0.2) is 59.3 Å². The van der Waals surface area contributed by atoms with E-state index in [1.165, 1.54) is 10.7 Å². The summed E-state index contributed by atoms with van der Waals surface area (Å²) in [5.74, 6) is -0.899. The Balaban J connectivity index is 1.58. The number of likely N-dealkylation sites (N-methyl/N-ethyl adjacent to an activating group) is 1. The molecule has 2 aliphatic rings. The minimum atomic E-state index is -4.56. The third kappa shape index (κ3) is 6.31. The van der Waals surface area contributed by atoms with Gasteiger partial charge in [-0.25, -0.2) is 4.68 Å². The van der Waals surface area contributed by atoms with Crippen LogP contribution < -0.4 is 11.1 Å². The molecule has 38 heavy (non-hydrogen) atoms. The fraction of sp³-hybridized carbons (Fsp3) is 0.593. The van der Waals surface area contributed by atoms with Crippen LogP contribution in [0.1, 0.15) is 73.3 Å². The van der Waals surface area contributed by atoms with Crippen molar-refractivity contribution in [2.45, 2.75) is 77.1 Å². The second-order valence-electron chi connectivity index (χ2n) is 11.5. The van der Waals surface area contributed by atoms with Gasteiger partial charge in [-0.1, -0.05) is 13.8 Å². The number of amides is 1. The number of halogens is 3. The molecule has 0 spiro atoms. The number of primary amides is 1. The molecule has 1 amide bonds. The van der Waals surface area contributed by atoms with Gasteiger partial charge in [-0.15, -0.1) is 0 Å². The standard InChI is InChI=1S/C27H36F3N5O3/c1-26(2)12-11-20-22(14-26)35(33-24(20)27(28,29)30)17-7-10-19(25(31)37)21(13-17)32-16-5-8-18(9-6-16)38-23(36)15-34(3)4/h7,10,13,16,18,32H,5-6,8-9,11-12,14-15H2,1-4H3,(H2,31,37). The summed E-state index contributed by atoms with van der Waals surface area (Å²) >= 11 is 0. The van der Waals surface area contributed by atoms with Gasteiger partial charge in [0.1, 0.15) is 6.10 Å². The molecule has 2 aromatic rings. The van der Waals surface area contributed by atoms with Crippen LogP contribution in [0, 0.1) is 5.41 Å². The van der Waals surface area contributed by atoms with E-state index in [0.717, 1.165) is 0 Å². The van der Waals surface area contributed by atoms with Gasteiger partial charge in [-0.05, 0) is 82.7 Å². The Morgan fingerprint density at radius 3 is 2.50 bits per heavy atom. The van der Waals surface area contributed by atoms with E-state index in [2.05, 4.69) is 10.4 Å². The molecule has 0 bridgehead atoms. The molecule has 0 aliphatic heterocycles. The molecule has 1 aromatic carbocycles. The van der Waals surface area contributed by atoms with Crippen molar-refractivity contribution in [2.24, 2.45) is 11.1 Å². The Morgan fingerprint density at radius 1 is 1.21 bits per heavy atom. The van der Waals surface area contributed by atoms with Crippen LogP contribution in [0.25, 0.3) is 5.69 Å². The maximum atomic E-state index is 13.8. The molecule has 1 aromatic heterocycles. The third-order valence-electron chi connectivity index (χ3n) is 7.35. The molecule has 3 N–H and O–H groups in total. The molecule has 0 radical (unpaired) electrons. The second kappa shape index (κ2) is 10.6. The van der Waals surface area contributed by atoms with Crippen molar-refractivity contribution in [3.8, 4) is 5.69 Å². The Labute approximate surface area is 220 Å². The summed E-state index contributed by atoms with van der Waals surface area (Å²) in [4.78, 5) is 25.9.